The number of thioether (sulfide) groups is 1. The summed E-state index contributed by atoms with van der Waals surface area (Å²) in [5, 5.41) is 6.13. The van der Waals surface area contributed by atoms with Crippen LogP contribution >= 0.6 is 23.1 Å². The maximum Gasteiger partial charge on any atom is 0.317 e. The van der Waals surface area contributed by atoms with E-state index in [4.69, 9.17) is 4.74 Å². The van der Waals surface area contributed by atoms with Gasteiger partial charge in [-0.05, 0) is 26.5 Å². The molecular weight excluding hydrogens is 280 g/mol. The zero-order valence-corrected chi connectivity index (χ0v) is 13.8. The van der Waals surface area contributed by atoms with Crippen molar-refractivity contribution in [3.63, 3.8) is 0 Å². The van der Waals surface area contributed by atoms with Crippen molar-refractivity contribution in [2.24, 2.45) is 0 Å². The lowest BCUT2D eigenvalue weighted by atomic mass is 9.90. The second-order valence-electron chi connectivity index (χ2n) is 4.86. The van der Waals surface area contributed by atoms with Crippen LogP contribution in [-0.4, -0.2) is 35.6 Å². The van der Waals surface area contributed by atoms with Crippen molar-refractivity contribution in [1.29, 1.82) is 0 Å². The van der Waals surface area contributed by atoms with Gasteiger partial charge in [-0.2, -0.15) is 11.8 Å². The lowest BCUT2D eigenvalue weighted by Gasteiger charge is -2.18. The van der Waals surface area contributed by atoms with E-state index in [1.807, 2.05) is 31.0 Å². The SMILES string of the molecule is CCSCC(C)Nc1nc(C(C)(C)C(=O)OC)cs1. The molecule has 0 saturated heterocycles. The minimum absolute atomic E-state index is 0.265. The molecule has 1 N–H and O–H groups in total. The van der Waals surface area contributed by atoms with Crippen LogP contribution in [-0.2, 0) is 14.9 Å². The van der Waals surface area contributed by atoms with Crippen molar-refractivity contribution in [2.75, 3.05) is 23.9 Å². The van der Waals surface area contributed by atoms with Crippen LogP contribution in [0.3, 0.4) is 0 Å². The molecule has 0 spiro atoms. The first-order valence-electron chi connectivity index (χ1n) is 6.30. The Labute approximate surface area is 123 Å². The fourth-order valence-electron chi connectivity index (χ4n) is 1.53. The Balaban J connectivity index is 2.69. The Morgan fingerprint density at radius 2 is 2.32 bits per heavy atom. The number of anilines is 1. The lowest BCUT2D eigenvalue weighted by Crippen LogP contribution is -2.30. The maximum absolute atomic E-state index is 11.7. The van der Waals surface area contributed by atoms with E-state index in [0.717, 1.165) is 22.3 Å². The van der Waals surface area contributed by atoms with Crippen LogP contribution < -0.4 is 5.32 Å². The van der Waals surface area contributed by atoms with Crippen LogP contribution in [0, 0.1) is 0 Å². The number of aromatic nitrogens is 1. The second-order valence-corrected chi connectivity index (χ2v) is 7.04. The molecule has 0 radical (unpaired) electrons. The van der Waals surface area contributed by atoms with Crippen molar-refractivity contribution in [2.45, 2.75) is 39.2 Å². The smallest absolute Gasteiger partial charge is 0.317 e. The first-order valence-corrected chi connectivity index (χ1v) is 8.34. The fraction of sp³-hybridized carbons (Fsp3) is 0.692. The average molecular weight is 302 g/mol. The van der Waals surface area contributed by atoms with Crippen molar-refractivity contribution in [3.05, 3.63) is 11.1 Å². The van der Waals surface area contributed by atoms with E-state index in [2.05, 4.69) is 24.1 Å². The number of carbonyl (C=O) groups is 1. The molecule has 0 aromatic carbocycles. The Morgan fingerprint density at radius 3 is 2.89 bits per heavy atom. The molecule has 0 fully saturated rings. The van der Waals surface area contributed by atoms with E-state index in [1.54, 1.807) is 0 Å². The molecule has 0 bridgehead atoms. The summed E-state index contributed by atoms with van der Waals surface area (Å²) in [4.78, 5) is 16.2. The first kappa shape index (κ1) is 16.3. The summed E-state index contributed by atoms with van der Waals surface area (Å²) < 4.78 is 4.81. The Morgan fingerprint density at radius 1 is 1.63 bits per heavy atom. The summed E-state index contributed by atoms with van der Waals surface area (Å²) in [5.74, 6) is 1.90. The number of nitrogens with one attached hydrogen (secondary N) is 1. The number of rotatable bonds is 7. The number of methoxy groups -OCH3 is 1. The van der Waals surface area contributed by atoms with E-state index >= 15 is 0 Å². The molecular formula is C13H22N2O2S2. The van der Waals surface area contributed by atoms with E-state index in [1.165, 1.54) is 18.4 Å². The number of esters is 1. The van der Waals surface area contributed by atoms with Crippen LogP contribution in [0.25, 0.3) is 0 Å². The highest BCUT2D eigenvalue weighted by atomic mass is 32.2. The van der Waals surface area contributed by atoms with Crippen LogP contribution in [0.15, 0.2) is 5.38 Å². The molecule has 19 heavy (non-hydrogen) atoms. The summed E-state index contributed by atoms with van der Waals surface area (Å²) in [6.45, 7) is 7.94. The van der Waals surface area contributed by atoms with Crippen LogP contribution in [0.1, 0.15) is 33.4 Å². The van der Waals surface area contributed by atoms with Crippen LogP contribution in [0.5, 0.6) is 0 Å². The van der Waals surface area contributed by atoms with Gasteiger partial charge in [0.25, 0.3) is 0 Å². The number of nitrogens with zero attached hydrogens (tertiary/aromatic N) is 1. The summed E-state index contributed by atoms with van der Waals surface area (Å²) in [6, 6.07) is 0.366. The topological polar surface area (TPSA) is 51.2 Å². The molecule has 0 aliphatic heterocycles. The molecule has 1 unspecified atom stereocenters. The van der Waals surface area contributed by atoms with Gasteiger partial charge in [0.1, 0.15) is 5.41 Å². The van der Waals surface area contributed by atoms with Crippen LogP contribution in [0.4, 0.5) is 5.13 Å². The predicted octanol–water partition coefficient (Wildman–Crippen LogP) is 3.15. The van der Waals surface area contributed by atoms with E-state index in [9.17, 15) is 4.79 Å². The van der Waals surface area contributed by atoms with Crippen molar-refractivity contribution < 1.29 is 9.53 Å². The highest BCUT2D eigenvalue weighted by Crippen LogP contribution is 2.28. The van der Waals surface area contributed by atoms with Gasteiger partial charge in [0.15, 0.2) is 5.13 Å². The maximum atomic E-state index is 11.7. The third-order valence-corrected chi connectivity index (χ3v) is 4.70. The molecule has 6 heteroatoms. The molecule has 0 aliphatic carbocycles. The van der Waals surface area contributed by atoms with Gasteiger partial charge < -0.3 is 10.1 Å². The van der Waals surface area contributed by atoms with E-state index in [-0.39, 0.29) is 5.97 Å². The predicted molar refractivity (Wildman–Crippen MR) is 83.2 cm³/mol. The molecule has 1 aromatic heterocycles. The summed E-state index contributed by atoms with van der Waals surface area (Å²) in [6.07, 6.45) is 0. The quantitative estimate of drug-likeness (QED) is 0.784. The fourth-order valence-corrected chi connectivity index (χ4v) is 3.20. The summed E-state index contributed by atoms with van der Waals surface area (Å²) in [5.41, 5.74) is 0.0502. The number of ether oxygens (including phenoxy) is 1. The summed E-state index contributed by atoms with van der Waals surface area (Å²) >= 11 is 3.42. The standard InChI is InChI=1S/C13H22N2O2S2/c1-6-18-7-9(2)14-12-15-10(8-19-12)13(3,4)11(16)17-5/h8-9H,6-7H2,1-5H3,(H,14,15). The zero-order chi connectivity index (χ0) is 14.5. The molecule has 0 amide bonds. The zero-order valence-electron chi connectivity index (χ0n) is 12.1. The molecule has 1 rings (SSSR count). The summed E-state index contributed by atoms with van der Waals surface area (Å²) in [7, 11) is 1.40. The van der Waals surface area contributed by atoms with Gasteiger partial charge in [-0.25, -0.2) is 4.98 Å². The second kappa shape index (κ2) is 7.14. The normalized spacial score (nSPS) is 13.1. The molecule has 0 aliphatic rings. The third-order valence-electron chi connectivity index (χ3n) is 2.78. The monoisotopic (exact) mass is 302 g/mol. The molecule has 1 aromatic rings. The van der Waals surface area contributed by atoms with Crippen LogP contribution in [0.2, 0.25) is 0 Å². The average Bonchev–Trinajstić information content (AvgIpc) is 2.84. The Kier molecular flexibility index (Phi) is 6.13. The number of thiazole rings is 1. The molecule has 4 nitrogen and oxygen atoms in total. The van der Waals surface area contributed by atoms with Gasteiger partial charge >= 0.3 is 5.97 Å². The molecule has 0 saturated carbocycles. The molecule has 108 valence electrons. The van der Waals surface area contributed by atoms with Gasteiger partial charge in [0, 0.05) is 17.2 Å². The first-order chi connectivity index (χ1) is 8.91. The van der Waals surface area contributed by atoms with Gasteiger partial charge in [0.05, 0.1) is 12.8 Å². The number of hydrogen-bond acceptors (Lipinski definition) is 6. The number of hydrogen-bond donors (Lipinski definition) is 1. The largest absolute Gasteiger partial charge is 0.468 e. The third kappa shape index (κ3) is 4.38. The van der Waals surface area contributed by atoms with Gasteiger partial charge in [-0.3, -0.25) is 4.79 Å². The molecule has 1 atom stereocenters. The van der Waals surface area contributed by atoms with Gasteiger partial charge in [-0.1, -0.05) is 6.92 Å². The van der Waals surface area contributed by atoms with E-state index < -0.39 is 5.41 Å². The van der Waals surface area contributed by atoms with Gasteiger partial charge in [-0.15, -0.1) is 11.3 Å². The highest BCUT2D eigenvalue weighted by molar-refractivity contribution is 7.99. The number of carbonyl (C=O) groups excluding carboxylic acids is 1. The Hall–Kier alpha value is -0.750. The van der Waals surface area contributed by atoms with Gasteiger partial charge in [0.2, 0.25) is 0 Å². The van der Waals surface area contributed by atoms with Crippen molar-refractivity contribution >= 4 is 34.2 Å². The lowest BCUT2D eigenvalue weighted by molar-refractivity contribution is -0.146. The Bertz CT molecular complexity index is 419. The van der Waals surface area contributed by atoms with Crippen molar-refractivity contribution in [3.8, 4) is 0 Å². The minimum Gasteiger partial charge on any atom is -0.468 e. The van der Waals surface area contributed by atoms with E-state index in [0.29, 0.717) is 6.04 Å². The molecule has 1 heterocycles. The highest BCUT2D eigenvalue weighted by Gasteiger charge is 2.33. The van der Waals surface area contributed by atoms with Crippen molar-refractivity contribution in [1.82, 2.24) is 4.98 Å². The minimum atomic E-state index is -0.702.